The van der Waals surface area contributed by atoms with Gasteiger partial charge in [-0.05, 0) is 56.3 Å². The van der Waals surface area contributed by atoms with Gasteiger partial charge >= 0.3 is 0 Å². The summed E-state index contributed by atoms with van der Waals surface area (Å²) >= 11 is 3.49. The highest BCUT2D eigenvalue weighted by Gasteiger charge is 2.11. The van der Waals surface area contributed by atoms with E-state index in [1.807, 2.05) is 26.8 Å². The quantitative estimate of drug-likeness (QED) is 0.527. The number of halogens is 1. The van der Waals surface area contributed by atoms with Crippen molar-refractivity contribution in [2.24, 2.45) is 0 Å². The molecule has 2 aromatic carbocycles. The topological polar surface area (TPSA) is 3.24 Å². The van der Waals surface area contributed by atoms with Gasteiger partial charge in [0, 0.05) is 21.5 Å². The Labute approximate surface area is 143 Å². The second kappa shape index (κ2) is 10.0. The van der Waals surface area contributed by atoms with E-state index in [1.54, 1.807) is 0 Å². The largest absolute Gasteiger partial charge is 0.311 e. The Kier molecular flexibility index (Phi) is 8.31. The average Bonchev–Trinajstić information content (AvgIpc) is 2.59. The van der Waals surface area contributed by atoms with Crippen molar-refractivity contribution in [2.75, 3.05) is 4.90 Å². The van der Waals surface area contributed by atoms with E-state index < -0.39 is 0 Å². The highest BCUT2D eigenvalue weighted by atomic mass is 79.9. The standard InChI is InChI=1S/C18H18BrN.C2H6/c1-3-8-16(4-2)20(17-9-6-5-7-10-17)18-13-11-15(19)12-14-18;1-2/h3-14H,1-2H3;1-2H3/b8-3-,16-4+;. The van der Waals surface area contributed by atoms with Crippen LogP contribution >= 0.6 is 15.9 Å². The molecule has 0 radical (unpaired) electrons. The fourth-order valence-electron chi connectivity index (χ4n) is 2.09. The van der Waals surface area contributed by atoms with E-state index >= 15 is 0 Å². The zero-order valence-electron chi connectivity index (χ0n) is 13.8. The molecule has 0 bridgehead atoms. The average molecular weight is 358 g/mol. The van der Waals surface area contributed by atoms with Crippen LogP contribution in [0.4, 0.5) is 11.4 Å². The number of nitrogens with zero attached hydrogens (tertiary/aromatic N) is 1. The van der Waals surface area contributed by atoms with Crippen LogP contribution in [0.5, 0.6) is 0 Å². The fraction of sp³-hybridized carbons (Fsp3) is 0.200. The number of hydrogen-bond acceptors (Lipinski definition) is 1. The Balaban J connectivity index is 0.00000116. The summed E-state index contributed by atoms with van der Waals surface area (Å²) in [7, 11) is 0. The van der Waals surface area contributed by atoms with Crippen molar-refractivity contribution in [3.05, 3.63) is 83.0 Å². The Morgan fingerprint density at radius 2 is 1.41 bits per heavy atom. The predicted molar refractivity (Wildman–Crippen MR) is 103 cm³/mol. The first-order chi connectivity index (χ1) is 10.8. The van der Waals surface area contributed by atoms with Crippen LogP contribution in [0.2, 0.25) is 0 Å². The zero-order chi connectivity index (χ0) is 16.4. The van der Waals surface area contributed by atoms with Crippen molar-refractivity contribution < 1.29 is 0 Å². The summed E-state index contributed by atoms with van der Waals surface area (Å²) < 4.78 is 1.09. The summed E-state index contributed by atoms with van der Waals surface area (Å²) in [5, 5.41) is 0. The molecule has 0 saturated carbocycles. The highest BCUT2D eigenvalue weighted by molar-refractivity contribution is 9.10. The third kappa shape index (κ3) is 4.88. The Morgan fingerprint density at radius 3 is 1.91 bits per heavy atom. The van der Waals surface area contributed by atoms with Crippen LogP contribution in [0, 0.1) is 0 Å². The predicted octanol–water partition coefficient (Wildman–Crippen LogP) is 7.09. The molecule has 0 aromatic heterocycles. The smallest absolute Gasteiger partial charge is 0.0462 e. The Morgan fingerprint density at radius 1 is 0.864 bits per heavy atom. The Bertz CT molecular complexity index is 597. The summed E-state index contributed by atoms with van der Waals surface area (Å²) in [5.74, 6) is 0. The molecular weight excluding hydrogens is 334 g/mol. The monoisotopic (exact) mass is 357 g/mol. The van der Waals surface area contributed by atoms with Gasteiger partial charge in [0.2, 0.25) is 0 Å². The third-order valence-electron chi connectivity index (χ3n) is 2.99. The van der Waals surface area contributed by atoms with E-state index in [0.717, 1.165) is 21.5 Å². The van der Waals surface area contributed by atoms with Crippen molar-refractivity contribution in [1.82, 2.24) is 0 Å². The number of allylic oxidation sites excluding steroid dienone is 3. The molecule has 0 heterocycles. The molecule has 0 aliphatic heterocycles. The number of benzene rings is 2. The lowest BCUT2D eigenvalue weighted by molar-refractivity contribution is 1.20. The van der Waals surface area contributed by atoms with Gasteiger partial charge in [0.25, 0.3) is 0 Å². The first kappa shape index (κ1) is 18.2. The Hall–Kier alpha value is -1.80. The number of anilines is 2. The van der Waals surface area contributed by atoms with Crippen molar-refractivity contribution >= 4 is 27.3 Å². The van der Waals surface area contributed by atoms with Crippen molar-refractivity contribution in [3.63, 3.8) is 0 Å². The molecule has 0 amide bonds. The molecule has 0 atom stereocenters. The molecule has 1 nitrogen and oxygen atoms in total. The molecule has 0 fully saturated rings. The minimum Gasteiger partial charge on any atom is -0.311 e. The number of rotatable bonds is 4. The van der Waals surface area contributed by atoms with Gasteiger partial charge in [-0.2, -0.15) is 0 Å². The van der Waals surface area contributed by atoms with Crippen molar-refractivity contribution in [2.45, 2.75) is 27.7 Å². The van der Waals surface area contributed by atoms with E-state index in [4.69, 9.17) is 0 Å². The van der Waals surface area contributed by atoms with Gasteiger partial charge < -0.3 is 4.90 Å². The van der Waals surface area contributed by atoms with Gasteiger partial charge in [-0.25, -0.2) is 0 Å². The summed E-state index contributed by atoms with van der Waals surface area (Å²) in [5.41, 5.74) is 3.45. The summed E-state index contributed by atoms with van der Waals surface area (Å²) in [6.45, 7) is 8.10. The molecule has 0 aliphatic rings. The molecule has 2 rings (SSSR count). The van der Waals surface area contributed by atoms with Gasteiger partial charge in [-0.15, -0.1) is 0 Å². The third-order valence-corrected chi connectivity index (χ3v) is 3.52. The maximum Gasteiger partial charge on any atom is 0.0462 e. The number of hydrogen-bond donors (Lipinski definition) is 0. The summed E-state index contributed by atoms with van der Waals surface area (Å²) in [6, 6.07) is 18.8. The summed E-state index contributed by atoms with van der Waals surface area (Å²) in [4.78, 5) is 2.24. The van der Waals surface area contributed by atoms with Crippen LogP contribution in [0.25, 0.3) is 0 Å². The van der Waals surface area contributed by atoms with Gasteiger partial charge in [0.05, 0.1) is 0 Å². The first-order valence-corrected chi connectivity index (χ1v) is 8.45. The minimum atomic E-state index is 1.09. The van der Waals surface area contributed by atoms with E-state index in [0.29, 0.717) is 0 Å². The molecule has 22 heavy (non-hydrogen) atoms. The van der Waals surface area contributed by atoms with E-state index in [2.05, 4.69) is 94.5 Å². The molecule has 2 heteroatoms. The van der Waals surface area contributed by atoms with Gasteiger partial charge in [0.15, 0.2) is 0 Å². The van der Waals surface area contributed by atoms with Crippen LogP contribution in [0.15, 0.2) is 83.0 Å². The molecule has 2 aromatic rings. The van der Waals surface area contributed by atoms with Crippen molar-refractivity contribution in [3.8, 4) is 0 Å². The molecular formula is C20H24BrN. The lowest BCUT2D eigenvalue weighted by Crippen LogP contribution is -2.14. The minimum absolute atomic E-state index is 1.09. The van der Waals surface area contributed by atoms with Gasteiger partial charge in [0.1, 0.15) is 0 Å². The number of para-hydroxylation sites is 1. The van der Waals surface area contributed by atoms with Crippen LogP contribution in [-0.4, -0.2) is 0 Å². The van der Waals surface area contributed by atoms with Gasteiger partial charge in [-0.1, -0.05) is 60.1 Å². The SMILES string of the molecule is C/C=C\C(=C/C)N(c1ccccc1)c1ccc(Br)cc1.CC. The van der Waals surface area contributed by atoms with Crippen LogP contribution in [0.1, 0.15) is 27.7 Å². The molecule has 0 unspecified atom stereocenters. The second-order valence-corrected chi connectivity index (χ2v) is 5.28. The molecule has 0 saturated heterocycles. The van der Waals surface area contributed by atoms with Gasteiger partial charge in [-0.3, -0.25) is 0 Å². The van der Waals surface area contributed by atoms with E-state index in [-0.39, 0.29) is 0 Å². The van der Waals surface area contributed by atoms with Crippen LogP contribution in [0.3, 0.4) is 0 Å². The maximum absolute atomic E-state index is 3.49. The van der Waals surface area contributed by atoms with E-state index in [1.165, 1.54) is 0 Å². The lowest BCUT2D eigenvalue weighted by Gasteiger charge is -2.26. The molecule has 0 spiro atoms. The lowest BCUT2D eigenvalue weighted by atomic mass is 10.2. The van der Waals surface area contributed by atoms with Crippen LogP contribution < -0.4 is 4.90 Å². The highest BCUT2D eigenvalue weighted by Crippen LogP contribution is 2.31. The van der Waals surface area contributed by atoms with E-state index in [9.17, 15) is 0 Å². The molecule has 0 aliphatic carbocycles. The first-order valence-electron chi connectivity index (χ1n) is 7.66. The molecule has 0 N–H and O–H groups in total. The second-order valence-electron chi connectivity index (χ2n) is 4.36. The normalized spacial score (nSPS) is 11.0. The maximum atomic E-state index is 3.49. The summed E-state index contributed by atoms with van der Waals surface area (Å²) in [6.07, 6.45) is 6.30. The van der Waals surface area contributed by atoms with Crippen molar-refractivity contribution in [1.29, 1.82) is 0 Å². The fourth-order valence-corrected chi connectivity index (χ4v) is 2.35. The zero-order valence-corrected chi connectivity index (χ0v) is 15.3. The van der Waals surface area contributed by atoms with Crippen LogP contribution in [-0.2, 0) is 0 Å². The molecule has 116 valence electrons.